The maximum Gasteiger partial charge on any atom is 0.194 e. The Kier molecular flexibility index (Phi) is 4.94. The standard InChI is InChI=1S/C15H11Br2FO2/c1-2-20-14-6-3-9(7-13(14)17)15(19)11-5-4-10(18)8-12(11)16/h3-8H,2H2,1H3. The minimum atomic E-state index is -0.388. The lowest BCUT2D eigenvalue weighted by molar-refractivity contribution is 0.103. The van der Waals surface area contributed by atoms with Gasteiger partial charge in [0.25, 0.3) is 0 Å². The summed E-state index contributed by atoms with van der Waals surface area (Å²) in [6.07, 6.45) is 0. The van der Waals surface area contributed by atoms with E-state index in [2.05, 4.69) is 31.9 Å². The summed E-state index contributed by atoms with van der Waals surface area (Å²) in [5.41, 5.74) is 0.926. The summed E-state index contributed by atoms with van der Waals surface area (Å²) < 4.78 is 19.6. The second-order valence-electron chi connectivity index (χ2n) is 4.03. The van der Waals surface area contributed by atoms with E-state index in [-0.39, 0.29) is 11.6 Å². The maximum absolute atomic E-state index is 13.0. The van der Waals surface area contributed by atoms with Crippen molar-refractivity contribution in [2.45, 2.75) is 6.92 Å². The van der Waals surface area contributed by atoms with Crippen LogP contribution in [0.25, 0.3) is 0 Å². The fourth-order valence-corrected chi connectivity index (χ4v) is 2.77. The van der Waals surface area contributed by atoms with Crippen LogP contribution in [0, 0.1) is 5.82 Å². The van der Waals surface area contributed by atoms with E-state index in [9.17, 15) is 9.18 Å². The number of hydrogen-bond donors (Lipinski definition) is 0. The smallest absolute Gasteiger partial charge is 0.194 e. The van der Waals surface area contributed by atoms with E-state index in [0.29, 0.717) is 32.4 Å². The van der Waals surface area contributed by atoms with Crippen LogP contribution in [0.3, 0.4) is 0 Å². The second kappa shape index (κ2) is 6.50. The summed E-state index contributed by atoms with van der Waals surface area (Å²) in [5, 5.41) is 0. The Morgan fingerprint density at radius 1 is 1.15 bits per heavy atom. The quantitative estimate of drug-likeness (QED) is 0.675. The van der Waals surface area contributed by atoms with E-state index < -0.39 is 0 Å². The Morgan fingerprint density at radius 2 is 1.90 bits per heavy atom. The molecule has 2 aromatic carbocycles. The van der Waals surface area contributed by atoms with Crippen LogP contribution in [-0.2, 0) is 0 Å². The number of hydrogen-bond acceptors (Lipinski definition) is 2. The van der Waals surface area contributed by atoms with Crippen LogP contribution in [0.4, 0.5) is 4.39 Å². The van der Waals surface area contributed by atoms with Gasteiger partial charge in [0.15, 0.2) is 5.78 Å². The summed E-state index contributed by atoms with van der Waals surface area (Å²) in [6, 6.07) is 9.12. The molecule has 0 aromatic heterocycles. The van der Waals surface area contributed by atoms with Crippen molar-refractivity contribution in [3.05, 3.63) is 62.3 Å². The van der Waals surface area contributed by atoms with Gasteiger partial charge in [0.1, 0.15) is 11.6 Å². The van der Waals surface area contributed by atoms with Crippen molar-refractivity contribution in [3.63, 3.8) is 0 Å². The highest BCUT2D eigenvalue weighted by Crippen LogP contribution is 2.28. The normalized spacial score (nSPS) is 10.4. The zero-order valence-electron chi connectivity index (χ0n) is 10.6. The van der Waals surface area contributed by atoms with E-state index in [0.717, 1.165) is 0 Å². The molecule has 2 rings (SSSR count). The molecule has 0 saturated heterocycles. The number of ketones is 1. The fraction of sp³-hybridized carbons (Fsp3) is 0.133. The van der Waals surface area contributed by atoms with E-state index >= 15 is 0 Å². The van der Waals surface area contributed by atoms with E-state index in [1.165, 1.54) is 18.2 Å². The predicted octanol–water partition coefficient (Wildman–Crippen LogP) is 4.98. The zero-order chi connectivity index (χ0) is 14.7. The van der Waals surface area contributed by atoms with Gasteiger partial charge in [-0.2, -0.15) is 0 Å². The number of carbonyl (C=O) groups is 1. The van der Waals surface area contributed by atoms with E-state index in [1.807, 2.05) is 6.92 Å². The molecular weight excluding hydrogens is 391 g/mol. The highest BCUT2D eigenvalue weighted by molar-refractivity contribution is 9.10. The molecule has 2 aromatic rings. The van der Waals surface area contributed by atoms with Gasteiger partial charge in [-0.3, -0.25) is 4.79 Å². The van der Waals surface area contributed by atoms with Crippen LogP contribution in [-0.4, -0.2) is 12.4 Å². The van der Waals surface area contributed by atoms with Crippen LogP contribution < -0.4 is 4.74 Å². The highest BCUT2D eigenvalue weighted by atomic mass is 79.9. The minimum absolute atomic E-state index is 0.180. The Bertz CT molecular complexity index is 656. The molecule has 0 heterocycles. The second-order valence-corrected chi connectivity index (χ2v) is 5.74. The third kappa shape index (κ3) is 3.27. The summed E-state index contributed by atoms with van der Waals surface area (Å²) >= 11 is 6.58. The first-order valence-electron chi connectivity index (χ1n) is 5.95. The summed E-state index contributed by atoms with van der Waals surface area (Å²) in [7, 11) is 0. The number of halogens is 3. The summed E-state index contributed by atoms with van der Waals surface area (Å²) in [6.45, 7) is 2.44. The maximum atomic E-state index is 13.0. The largest absolute Gasteiger partial charge is 0.493 e. The lowest BCUT2D eigenvalue weighted by Gasteiger charge is -2.08. The number of ether oxygens (including phenoxy) is 1. The number of rotatable bonds is 4. The molecule has 0 atom stereocenters. The van der Waals surface area contributed by atoms with Gasteiger partial charge in [-0.15, -0.1) is 0 Å². The highest BCUT2D eigenvalue weighted by Gasteiger charge is 2.14. The van der Waals surface area contributed by atoms with Gasteiger partial charge in [0.2, 0.25) is 0 Å². The molecule has 104 valence electrons. The van der Waals surface area contributed by atoms with Gasteiger partial charge in [0.05, 0.1) is 11.1 Å². The van der Waals surface area contributed by atoms with Gasteiger partial charge >= 0.3 is 0 Å². The zero-order valence-corrected chi connectivity index (χ0v) is 13.8. The van der Waals surface area contributed by atoms with Crippen molar-refractivity contribution in [1.82, 2.24) is 0 Å². The van der Waals surface area contributed by atoms with Gasteiger partial charge in [0, 0.05) is 15.6 Å². The SMILES string of the molecule is CCOc1ccc(C(=O)c2ccc(F)cc2Br)cc1Br. The van der Waals surface area contributed by atoms with Crippen LogP contribution in [0.5, 0.6) is 5.75 Å². The molecule has 0 spiro atoms. The molecule has 20 heavy (non-hydrogen) atoms. The Labute approximate surface area is 133 Å². The molecule has 0 bridgehead atoms. The average Bonchev–Trinajstić information content (AvgIpc) is 2.40. The van der Waals surface area contributed by atoms with Crippen molar-refractivity contribution < 1.29 is 13.9 Å². The number of benzene rings is 2. The molecule has 0 N–H and O–H groups in total. The molecule has 0 fully saturated rings. The molecule has 0 saturated carbocycles. The Morgan fingerprint density at radius 3 is 2.50 bits per heavy atom. The number of carbonyl (C=O) groups excluding carboxylic acids is 1. The third-order valence-electron chi connectivity index (χ3n) is 2.67. The first-order chi connectivity index (χ1) is 9.52. The van der Waals surface area contributed by atoms with Gasteiger partial charge in [-0.05, 0) is 75.2 Å². The molecule has 5 heteroatoms. The lowest BCUT2D eigenvalue weighted by Crippen LogP contribution is -2.03. The van der Waals surface area contributed by atoms with Crippen molar-refractivity contribution >= 4 is 37.6 Å². The first-order valence-corrected chi connectivity index (χ1v) is 7.53. The molecule has 0 amide bonds. The molecule has 2 nitrogen and oxygen atoms in total. The minimum Gasteiger partial charge on any atom is -0.493 e. The Hall–Kier alpha value is -1.20. The molecule has 0 aliphatic carbocycles. The topological polar surface area (TPSA) is 26.3 Å². The summed E-state index contributed by atoms with van der Waals surface area (Å²) in [5.74, 6) is 0.115. The van der Waals surface area contributed by atoms with Crippen LogP contribution >= 0.6 is 31.9 Å². The molecular formula is C15H11Br2FO2. The molecule has 0 aliphatic heterocycles. The van der Waals surface area contributed by atoms with Crippen molar-refractivity contribution in [2.24, 2.45) is 0 Å². The molecule has 0 unspecified atom stereocenters. The summed E-state index contributed by atoms with van der Waals surface area (Å²) in [4.78, 5) is 12.4. The first kappa shape index (κ1) is 15.2. The average molecular weight is 402 g/mol. The third-order valence-corrected chi connectivity index (χ3v) is 3.95. The van der Waals surface area contributed by atoms with Gasteiger partial charge < -0.3 is 4.74 Å². The molecule has 0 aliphatic rings. The van der Waals surface area contributed by atoms with Crippen molar-refractivity contribution in [1.29, 1.82) is 0 Å². The van der Waals surface area contributed by atoms with Gasteiger partial charge in [-0.25, -0.2) is 4.39 Å². The lowest BCUT2D eigenvalue weighted by atomic mass is 10.0. The Balaban J connectivity index is 2.36. The van der Waals surface area contributed by atoms with Crippen LogP contribution in [0.2, 0.25) is 0 Å². The van der Waals surface area contributed by atoms with Crippen molar-refractivity contribution in [3.8, 4) is 5.75 Å². The molecule has 0 radical (unpaired) electrons. The predicted molar refractivity (Wildman–Crippen MR) is 82.8 cm³/mol. The fourth-order valence-electron chi connectivity index (χ4n) is 1.74. The van der Waals surface area contributed by atoms with Crippen LogP contribution in [0.15, 0.2) is 45.3 Å². The van der Waals surface area contributed by atoms with Crippen molar-refractivity contribution in [2.75, 3.05) is 6.61 Å². The van der Waals surface area contributed by atoms with E-state index in [4.69, 9.17) is 4.74 Å². The van der Waals surface area contributed by atoms with Gasteiger partial charge in [-0.1, -0.05) is 0 Å². The van der Waals surface area contributed by atoms with E-state index in [1.54, 1.807) is 18.2 Å². The van der Waals surface area contributed by atoms with Crippen LogP contribution in [0.1, 0.15) is 22.8 Å². The monoisotopic (exact) mass is 400 g/mol.